The van der Waals surface area contributed by atoms with Gasteiger partial charge in [0.2, 0.25) is 0 Å². The maximum atomic E-state index is 12.7. The molecule has 190 valence electrons. The SMILES string of the molecule is CCN1CCN(c2cc(Cl)nc(SCc3ccc(C(=O)NC(C)CCc4ccccc4)cc3)n2)CC1. The van der Waals surface area contributed by atoms with Crippen molar-refractivity contribution in [2.24, 2.45) is 0 Å². The normalized spacial score (nSPS) is 15.0. The number of hydrogen-bond donors (Lipinski definition) is 1. The number of aryl methyl sites for hydroxylation is 1. The largest absolute Gasteiger partial charge is 0.354 e. The number of piperazine rings is 1. The van der Waals surface area contributed by atoms with E-state index in [-0.39, 0.29) is 11.9 Å². The van der Waals surface area contributed by atoms with Gasteiger partial charge >= 0.3 is 0 Å². The van der Waals surface area contributed by atoms with Crippen molar-refractivity contribution >= 4 is 35.1 Å². The zero-order valence-corrected chi connectivity index (χ0v) is 22.6. The van der Waals surface area contributed by atoms with Crippen molar-refractivity contribution in [2.45, 2.75) is 43.6 Å². The molecule has 1 atom stereocenters. The number of hydrogen-bond acceptors (Lipinski definition) is 6. The Morgan fingerprint density at radius 3 is 2.44 bits per heavy atom. The third-order valence-corrected chi connectivity index (χ3v) is 7.59. The van der Waals surface area contributed by atoms with Crippen molar-refractivity contribution in [3.8, 4) is 0 Å². The Labute approximate surface area is 223 Å². The second kappa shape index (κ2) is 13.1. The first-order chi connectivity index (χ1) is 17.5. The first-order valence-corrected chi connectivity index (χ1v) is 13.9. The Kier molecular flexibility index (Phi) is 9.61. The third kappa shape index (κ3) is 7.69. The molecule has 0 radical (unpaired) electrons. The van der Waals surface area contributed by atoms with Gasteiger partial charge in [0, 0.05) is 49.6 Å². The van der Waals surface area contributed by atoms with Crippen LogP contribution in [0.3, 0.4) is 0 Å². The van der Waals surface area contributed by atoms with Crippen LogP contribution in [0, 0.1) is 0 Å². The van der Waals surface area contributed by atoms with E-state index < -0.39 is 0 Å². The molecule has 6 nitrogen and oxygen atoms in total. The second-order valence-electron chi connectivity index (χ2n) is 9.14. The monoisotopic (exact) mass is 523 g/mol. The summed E-state index contributed by atoms with van der Waals surface area (Å²) in [6.07, 6.45) is 1.85. The molecule has 0 bridgehead atoms. The van der Waals surface area contributed by atoms with Crippen molar-refractivity contribution in [3.63, 3.8) is 0 Å². The summed E-state index contributed by atoms with van der Waals surface area (Å²) in [5, 5.41) is 4.24. The Bertz CT molecular complexity index is 1120. The van der Waals surface area contributed by atoms with E-state index in [2.05, 4.69) is 46.1 Å². The molecule has 36 heavy (non-hydrogen) atoms. The number of nitrogens with one attached hydrogen (secondary N) is 1. The summed E-state index contributed by atoms with van der Waals surface area (Å²) < 4.78 is 0. The number of amides is 1. The van der Waals surface area contributed by atoms with E-state index in [1.165, 1.54) is 5.56 Å². The predicted molar refractivity (Wildman–Crippen MR) is 149 cm³/mol. The number of aromatic nitrogens is 2. The second-order valence-corrected chi connectivity index (χ2v) is 10.5. The lowest BCUT2D eigenvalue weighted by Gasteiger charge is -2.34. The van der Waals surface area contributed by atoms with E-state index in [0.29, 0.717) is 21.6 Å². The van der Waals surface area contributed by atoms with Crippen LogP contribution in [0.15, 0.2) is 65.8 Å². The molecule has 4 rings (SSSR count). The van der Waals surface area contributed by atoms with Gasteiger partial charge in [-0.3, -0.25) is 4.79 Å². The molecule has 2 aromatic carbocycles. The minimum atomic E-state index is -0.0410. The Hall–Kier alpha value is -2.61. The van der Waals surface area contributed by atoms with E-state index in [4.69, 9.17) is 16.6 Å². The van der Waals surface area contributed by atoms with Gasteiger partial charge in [-0.15, -0.1) is 0 Å². The van der Waals surface area contributed by atoms with E-state index in [1.807, 2.05) is 48.5 Å². The highest BCUT2D eigenvalue weighted by Crippen LogP contribution is 2.25. The number of likely N-dealkylation sites (N-methyl/N-ethyl adjacent to an activating group) is 1. The van der Waals surface area contributed by atoms with Crippen LogP contribution in [-0.2, 0) is 12.2 Å². The molecule has 0 aliphatic carbocycles. The minimum absolute atomic E-state index is 0.0410. The van der Waals surface area contributed by atoms with Crippen molar-refractivity contribution in [2.75, 3.05) is 37.6 Å². The first kappa shape index (κ1) is 26.5. The Morgan fingerprint density at radius 2 is 1.75 bits per heavy atom. The smallest absolute Gasteiger partial charge is 0.251 e. The summed E-state index contributed by atoms with van der Waals surface area (Å²) in [4.78, 5) is 26.5. The van der Waals surface area contributed by atoms with E-state index in [9.17, 15) is 4.79 Å². The number of nitrogens with zero attached hydrogens (tertiary/aromatic N) is 4. The van der Waals surface area contributed by atoms with Gasteiger partial charge in [0.25, 0.3) is 5.91 Å². The number of halogens is 1. The van der Waals surface area contributed by atoms with E-state index >= 15 is 0 Å². The van der Waals surface area contributed by atoms with Crippen LogP contribution >= 0.6 is 23.4 Å². The van der Waals surface area contributed by atoms with Gasteiger partial charge in [-0.25, -0.2) is 9.97 Å². The lowest BCUT2D eigenvalue weighted by molar-refractivity contribution is 0.0938. The fraction of sp³-hybridized carbons (Fsp3) is 0.393. The fourth-order valence-corrected chi connectivity index (χ4v) is 5.25. The summed E-state index contributed by atoms with van der Waals surface area (Å²) >= 11 is 7.87. The number of anilines is 1. The molecule has 2 heterocycles. The Morgan fingerprint density at radius 1 is 1.03 bits per heavy atom. The topological polar surface area (TPSA) is 61.4 Å². The molecule has 0 saturated carbocycles. The number of benzene rings is 2. The Balaban J connectivity index is 1.27. The van der Waals surface area contributed by atoms with Gasteiger partial charge in [0.15, 0.2) is 5.16 Å². The van der Waals surface area contributed by atoms with Gasteiger partial charge < -0.3 is 15.1 Å². The number of thioether (sulfide) groups is 1. The zero-order valence-electron chi connectivity index (χ0n) is 21.0. The van der Waals surface area contributed by atoms with Crippen LogP contribution in [0.4, 0.5) is 5.82 Å². The van der Waals surface area contributed by atoms with Gasteiger partial charge in [-0.1, -0.05) is 72.8 Å². The molecule has 0 spiro atoms. The molecule has 1 fully saturated rings. The van der Waals surface area contributed by atoms with Crippen LogP contribution in [0.5, 0.6) is 0 Å². The average Bonchev–Trinajstić information content (AvgIpc) is 2.91. The third-order valence-electron chi connectivity index (χ3n) is 6.47. The molecular formula is C28H34ClN5OS. The minimum Gasteiger partial charge on any atom is -0.354 e. The van der Waals surface area contributed by atoms with Gasteiger partial charge in [0.1, 0.15) is 11.0 Å². The summed E-state index contributed by atoms with van der Waals surface area (Å²) in [5.41, 5.74) is 3.06. The maximum absolute atomic E-state index is 12.7. The molecule has 1 aliphatic heterocycles. The van der Waals surface area contributed by atoms with E-state index in [0.717, 1.165) is 56.9 Å². The maximum Gasteiger partial charge on any atom is 0.251 e. The van der Waals surface area contributed by atoms with Crippen molar-refractivity contribution in [3.05, 3.63) is 82.5 Å². The molecule has 1 unspecified atom stereocenters. The predicted octanol–water partition coefficient (Wildman–Crippen LogP) is 5.32. The summed E-state index contributed by atoms with van der Waals surface area (Å²) in [6.45, 7) is 9.28. The van der Waals surface area contributed by atoms with Crippen molar-refractivity contribution in [1.29, 1.82) is 0 Å². The lowest BCUT2D eigenvalue weighted by Crippen LogP contribution is -2.46. The van der Waals surface area contributed by atoms with Gasteiger partial charge in [-0.05, 0) is 49.6 Å². The van der Waals surface area contributed by atoms with Gasteiger partial charge in [-0.2, -0.15) is 0 Å². The van der Waals surface area contributed by atoms with Crippen molar-refractivity contribution < 1.29 is 4.79 Å². The molecule has 1 amide bonds. The highest BCUT2D eigenvalue weighted by atomic mass is 35.5. The lowest BCUT2D eigenvalue weighted by atomic mass is 10.1. The van der Waals surface area contributed by atoms with Crippen molar-refractivity contribution in [1.82, 2.24) is 20.2 Å². The molecule has 3 aromatic rings. The average molecular weight is 524 g/mol. The van der Waals surface area contributed by atoms with Crippen LogP contribution in [0.2, 0.25) is 5.15 Å². The molecular weight excluding hydrogens is 490 g/mol. The highest BCUT2D eigenvalue weighted by Gasteiger charge is 2.18. The molecule has 1 saturated heterocycles. The van der Waals surface area contributed by atoms with Crippen LogP contribution < -0.4 is 10.2 Å². The van der Waals surface area contributed by atoms with Gasteiger partial charge in [0.05, 0.1) is 0 Å². The first-order valence-electron chi connectivity index (χ1n) is 12.6. The molecule has 1 aromatic heterocycles. The standard InChI is InChI=1S/C28H34ClN5OS/c1-3-33-15-17-34(18-16-33)26-19-25(29)31-28(32-26)36-20-23-11-13-24(14-12-23)27(35)30-21(2)9-10-22-7-5-4-6-8-22/h4-8,11-14,19,21H,3,9-10,15-18,20H2,1-2H3,(H,30,35). The van der Waals surface area contributed by atoms with Crippen LogP contribution in [0.25, 0.3) is 0 Å². The summed E-state index contributed by atoms with van der Waals surface area (Å²) in [7, 11) is 0. The van der Waals surface area contributed by atoms with Crippen LogP contribution in [-0.4, -0.2) is 59.5 Å². The summed E-state index contributed by atoms with van der Waals surface area (Å²) in [6, 6.07) is 20.0. The summed E-state index contributed by atoms with van der Waals surface area (Å²) in [5.74, 6) is 1.56. The quantitative estimate of drug-likeness (QED) is 0.220. The zero-order chi connectivity index (χ0) is 25.3. The number of rotatable bonds is 10. The highest BCUT2D eigenvalue weighted by molar-refractivity contribution is 7.98. The molecule has 1 N–H and O–H groups in total. The number of carbonyl (C=O) groups excluding carboxylic acids is 1. The molecule has 8 heteroatoms. The number of carbonyl (C=O) groups is 1. The van der Waals surface area contributed by atoms with Crippen LogP contribution in [0.1, 0.15) is 41.8 Å². The van der Waals surface area contributed by atoms with E-state index in [1.54, 1.807) is 11.8 Å². The fourth-order valence-electron chi connectivity index (χ4n) is 4.21. The molecule has 1 aliphatic rings.